The first-order chi connectivity index (χ1) is 34.8. The van der Waals surface area contributed by atoms with Gasteiger partial charge in [0.25, 0.3) is 0 Å². The minimum Gasteiger partial charge on any atom is -0.393 e. The van der Waals surface area contributed by atoms with Gasteiger partial charge < -0.3 is 24.1 Å². The van der Waals surface area contributed by atoms with E-state index in [1.54, 1.807) is 0 Å². The molecule has 14 aliphatic rings. The molecular weight excluding hydrogens is 945 g/mol. The number of aliphatic hydroxyl groups excluding tert-OH is 1. The summed E-state index contributed by atoms with van der Waals surface area (Å²) in [7, 11) is 0. The predicted molar refractivity (Wildman–Crippen MR) is 287 cm³/mol. The van der Waals surface area contributed by atoms with Gasteiger partial charge in [-0.25, -0.2) is 0 Å². The van der Waals surface area contributed by atoms with E-state index in [4.69, 9.17) is 18.9 Å². The number of carbonyl (C=O) groups is 6. The fourth-order valence-corrected chi connectivity index (χ4v) is 20.7. The molecule has 2 aliphatic heterocycles. The molecule has 2 heterocycles. The second-order valence-electron chi connectivity index (χ2n) is 25.6. The van der Waals surface area contributed by atoms with Gasteiger partial charge in [0.2, 0.25) is 0 Å². The van der Waals surface area contributed by atoms with Gasteiger partial charge in [-0.3, -0.25) is 28.8 Å². The maximum Gasteiger partial charge on any atom is 0.188 e. The molecule has 0 aromatic heterocycles. The van der Waals surface area contributed by atoms with Gasteiger partial charge in [0.05, 0.1) is 32.5 Å². The highest BCUT2D eigenvalue weighted by Gasteiger charge is 2.69. The van der Waals surface area contributed by atoms with Gasteiger partial charge in [0.15, 0.2) is 23.1 Å². The number of ether oxygens (including phenoxy) is 4. The van der Waals surface area contributed by atoms with Crippen LogP contribution >= 0.6 is 0 Å². The zero-order valence-electron chi connectivity index (χ0n) is 43.6. The molecule has 2 saturated heterocycles. The summed E-state index contributed by atoms with van der Waals surface area (Å²) in [5, 5.41) is 10.9. The molecular formula is C64H94O11. The Hall–Kier alpha value is -2.96. The van der Waals surface area contributed by atoms with E-state index < -0.39 is 11.6 Å². The highest BCUT2D eigenvalue weighted by atomic mass is 16.7. The Morgan fingerprint density at radius 2 is 1.03 bits per heavy atom. The maximum absolute atomic E-state index is 13.6. The minimum atomic E-state index is -0.495. The third kappa shape index (κ3) is 8.63. The summed E-state index contributed by atoms with van der Waals surface area (Å²) in [5.74, 6) is 5.39. The first-order valence-electron chi connectivity index (χ1n) is 29.3. The van der Waals surface area contributed by atoms with Crippen LogP contribution in [0.25, 0.3) is 0 Å². The molecule has 416 valence electrons. The third-order valence-corrected chi connectivity index (χ3v) is 23.6. The van der Waals surface area contributed by atoms with Crippen molar-refractivity contribution >= 4 is 34.7 Å². The predicted octanol–water partition coefficient (Wildman–Crippen LogP) is 11.8. The van der Waals surface area contributed by atoms with E-state index in [1.807, 2.05) is 12.2 Å². The van der Waals surface area contributed by atoms with Crippen LogP contribution in [-0.2, 0) is 47.7 Å². The summed E-state index contributed by atoms with van der Waals surface area (Å²) in [6.45, 7) is 9.16. The van der Waals surface area contributed by atoms with Crippen LogP contribution in [0.3, 0.4) is 0 Å². The largest absolute Gasteiger partial charge is 0.393 e. The first kappa shape index (κ1) is 56.7. The van der Waals surface area contributed by atoms with Crippen LogP contribution in [0, 0.1) is 87.3 Å². The molecule has 0 amide bonds. The maximum atomic E-state index is 13.6. The van der Waals surface area contributed by atoms with E-state index in [-0.39, 0.29) is 79.9 Å². The molecule has 12 unspecified atom stereocenters. The third-order valence-electron chi connectivity index (χ3n) is 23.6. The molecule has 11 fully saturated rings. The van der Waals surface area contributed by atoms with E-state index >= 15 is 0 Å². The van der Waals surface area contributed by atoms with Crippen molar-refractivity contribution in [3.63, 3.8) is 0 Å². The Morgan fingerprint density at radius 1 is 0.507 bits per heavy atom. The average molecular weight is 1040 g/mol. The van der Waals surface area contributed by atoms with Crippen LogP contribution in [0.1, 0.15) is 197 Å². The Kier molecular flexibility index (Phi) is 16.1. The molecule has 1 N–H and O–H groups in total. The van der Waals surface area contributed by atoms with Crippen molar-refractivity contribution in [2.45, 2.75) is 215 Å². The smallest absolute Gasteiger partial charge is 0.188 e. The summed E-state index contributed by atoms with van der Waals surface area (Å²) < 4.78 is 24.4. The van der Waals surface area contributed by atoms with E-state index in [9.17, 15) is 33.9 Å². The Morgan fingerprint density at radius 3 is 1.65 bits per heavy atom. The minimum absolute atomic E-state index is 0. The van der Waals surface area contributed by atoms with Gasteiger partial charge in [0, 0.05) is 79.4 Å². The van der Waals surface area contributed by atoms with E-state index in [2.05, 4.69) is 26.8 Å². The SMILES string of the molecule is C.C.C.CC[C@]12CC(=O)C3C4CCC(=O)C=C4CCC3C1CCC2=O.CC[C@]12CC(=O)C3C4CCC5(C=C4CCC3C1CCC21OCCO1)OCCO5.CC[C@]12C[C@@H](O)C3C4CCC(=O)C=C4CCC3C1CCC2=O. The quantitative estimate of drug-likeness (QED) is 0.268. The standard InChI is InChI=1S/C23H32O5.C19H26O3.C19H24O3.3CH4/c1-2-21-14-19(24)20-16-5-7-22(25-9-10-26-22)13-15(16)3-4-17(20)18(21)6-8-23(21)27-11-12-28-23;2*1-2-19-10-16(21)18-13-6-4-12(20)9-11(13)3-5-14(18)15(19)7-8-17(19)22;;;/h13,16-18,20H,2-12,14H2,1H3;9,13-16,18,21H,2-8,10H2,1H3;9,13-15,18H,2-8,10H2,1H3;3*1H4/t16?,17?,18?,20?,21-;13?,14?,15?,16-,18?,19+;13?,14?,15?,18?,19-;;;/m010.../s1. The number of carbonyl (C=O) groups excluding carboxylic acids is 6. The van der Waals surface area contributed by atoms with Crippen molar-refractivity contribution in [2.75, 3.05) is 26.4 Å². The summed E-state index contributed by atoms with van der Waals surface area (Å²) in [6.07, 6.45) is 26.5. The molecule has 0 bridgehead atoms. The molecule has 16 atom stereocenters. The molecule has 11 nitrogen and oxygen atoms in total. The number of fused-ring (bicyclic) bond motifs is 16. The summed E-state index contributed by atoms with van der Waals surface area (Å²) in [4.78, 5) is 75.0. The van der Waals surface area contributed by atoms with E-state index in [0.29, 0.717) is 142 Å². The van der Waals surface area contributed by atoms with Crippen LogP contribution in [0.5, 0.6) is 0 Å². The molecule has 0 aromatic carbocycles. The molecule has 11 heteroatoms. The first-order valence-corrected chi connectivity index (χ1v) is 29.3. The summed E-state index contributed by atoms with van der Waals surface area (Å²) >= 11 is 0. The van der Waals surface area contributed by atoms with E-state index in [0.717, 1.165) is 109 Å². The van der Waals surface area contributed by atoms with Crippen LogP contribution in [0.4, 0.5) is 0 Å². The van der Waals surface area contributed by atoms with Crippen molar-refractivity contribution in [2.24, 2.45) is 87.3 Å². The van der Waals surface area contributed by atoms with Crippen molar-refractivity contribution < 1.29 is 52.8 Å². The van der Waals surface area contributed by atoms with Crippen molar-refractivity contribution in [3.05, 3.63) is 34.9 Å². The molecule has 0 aromatic rings. The number of hydrogen-bond donors (Lipinski definition) is 1. The average Bonchev–Trinajstić information content (AvgIpc) is 4.29. The van der Waals surface area contributed by atoms with Gasteiger partial charge in [-0.15, -0.1) is 0 Å². The number of allylic oxidation sites excluding steroid dienone is 3. The number of Topliss-reactive ketones (excluding diaryl/α,β-unsaturated/α-hetero) is 4. The number of aliphatic hydroxyl groups is 1. The molecule has 12 aliphatic carbocycles. The van der Waals surface area contributed by atoms with Crippen LogP contribution in [0.15, 0.2) is 34.9 Å². The Balaban J connectivity index is 0.000000137. The summed E-state index contributed by atoms with van der Waals surface area (Å²) in [5.41, 5.74) is 3.23. The number of hydrogen-bond acceptors (Lipinski definition) is 11. The zero-order valence-corrected chi connectivity index (χ0v) is 43.6. The van der Waals surface area contributed by atoms with Crippen LogP contribution in [0.2, 0.25) is 0 Å². The Labute approximate surface area is 449 Å². The van der Waals surface area contributed by atoms with Crippen LogP contribution < -0.4 is 0 Å². The van der Waals surface area contributed by atoms with E-state index in [1.165, 1.54) is 16.7 Å². The van der Waals surface area contributed by atoms with Crippen LogP contribution in [-0.4, -0.2) is 83.9 Å². The zero-order chi connectivity index (χ0) is 50.0. The fourth-order valence-electron chi connectivity index (χ4n) is 20.7. The Bertz CT molecular complexity index is 2350. The molecule has 2 spiro atoms. The lowest BCUT2D eigenvalue weighted by atomic mass is 9.50. The van der Waals surface area contributed by atoms with Gasteiger partial charge in [0.1, 0.15) is 23.1 Å². The molecule has 75 heavy (non-hydrogen) atoms. The topological polar surface area (TPSA) is 160 Å². The lowest BCUT2D eigenvalue weighted by Crippen LogP contribution is -2.58. The van der Waals surface area contributed by atoms with Gasteiger partial charge in [-0.1, -0.05) is 59.8 Å². The normalized spacial score (nSPS) is 44.0. The monoisotopic (exact) mass is 1040 g/mol. The highest BCUT2D eigenvalue weighted by molar-refractivity contribution is 5.97. The molecule has 14 rings (SSSR count). The lowest BCUT2D eigenvalue weighted by Gasteiger charge is -2.55. The summed E-state index contributed by atoms with van der Waals surface area (Å²) in [6, 6.07) is 0. The van der Waals surface area contributed by atoms with Gasteiger partial charge in [-0.05, 0) is 180 Å². The van der Waals surface area contributed by atoms with Gasteiger partial charge in [-0.2, -0.15) is 0 Å². The van der Waals surface area contributed by atoms with Crippen molar-refractivity contribution in [1.29, 1.82) is 0 Å². The second kappa shape index (κ2) is 21.3. The molecule has 0 radical (unpaired) electrons. The number of ketones is 6. The fraction of sp³-hybridized carbons (Fsp3) is 0.812. The molecule has 9 saturated carbocycles. The lowest BCUT2D eigenvalue weighted by molar-refractivity contribution is -0.245. The van der Waals surface area contributed by atoms with Gasteiger partial charge >= 0.3 is 0 Å². The highest BCUT2D eigenvalue weighted by Crippen LogP contribution is 2.68. The second-order valence-corrected chi connectivity index (χ2v) is 25.6. The van der Waals surface area contributed by atoms with Crippen molar-refractivity contribution in [3.8, 4) is 0 Å². The number of rotatable bonds is 3. The van der Waals surface area contributed by atoms with Crippen molar-refractivity contribution in [1.82, 2.24) is 0 Å².